The minimum Gasteiger partial charge on any atom is -0.486 e. The topological polar surface area (TPSA) is 203 Å². The fourth-order valence-electron chi connectivity index (χ4n) is 5.67. The van der Waals surface area contributed by atoms with Crippen LogP contribution in [-0.4, -0.2) is 62.0 Å². The summed E-state index contributed by atoms with van der Waals surface area (Å²) >= 11 is 0.224. The highest BCUT2D eigenvalue weighted by Gasteiger charge is 2.41. The molecule has 3 aliphatic rings. The number of hydrogen-bond donors (Lipinski definition) is 4. The number of alkyl carbamates (subject to hydrolysis) is 1. The van der Waals surface area contributed by atoms with E-state index in [2.05, 4.69) is 94.3 Å². The molecular formula is C45H65N7O8S2. The molecule has 0 spiro atoms. The van der Waals surface area contributed by atoms with Gasteiger partial charge in [0.15, 0.2) is 6.10 Å². The average Bonchev–Trinajstić information content (AvgIpc) is 3.94. The Morgan fingerprint density at radius 2 is 1.48 bits per heavy atom. The van der Waals surface area contributed by atoms with Crippen molar-refractivity contribution in [2.45, 2.75) is 134 Å². The normalized spacial score (nSPS) is 17.6. The summed E-state index contributed by atoms with van der Waals surface area (Å²) in [6.45, 7) is 32.4. The number of pyridine rings is 1. The van der Waals surface area contributed by atoms with Crippen LogP contribution in [0.4, 0.5) is 4.79 Å². The number of aromatic amines is 1. The van der Waals surface area contributed by atoms with E-state index in [0.717, 1.165) is 34.2 Å². The van der Waals surface area contributed by atoms with Gasteiger partial charge in [-0.3, -0.25) is 24.7 Å². The third-order valence-corrected chi connectivity index (χ3v) is 10.3. The van der Waals surface area contributed by atoms with Gasteiger partial charge in [0.1, 0.15) is 35.1 Å². The van der Waals surface area contributed by atoms with Crippen LogP contribution in [0.5, 0.6) is 5.75 Å². The first kappa shape index (κ1) is 51.4. The summed E-state index contributed by atoms with van der Waals surface area (Å²) in [5.74, 6) is 1.15. The Labute approximate surface area is 372 Å². The molecule has 17 heteroatoms. The number of carbonyl (C=O) groups is 3. The number of rotatable bonds is 2. The number of nitrogens with one attached hydrogen (secondary N) is 4. The lowest BCUT2D eigenvalue weighted by Crippen LogP contribution is -2.34. The standard InChI is InChI=1S/C13H17NOS.C13H15NO.C7H12N2O.C7H11NO3.C5H10N2O2S/c1-5-11-14-12-9(15-13(2,3)4)7-6-8-10(12)16-11;1-13(2,3)12-10-7-5-4-6-9(10)8-11(15)14-12;1-7(2,3)5-6(10)9-4-8-5;1-7(2,3)4-5(9)8-6(10)11-4;1-5(2,3)4-6-9-10(8)7-4/h6-8H,5H2,1-4H3;4-8H,1-3H3,(H,14,15);4H2,1-3H3,(H,9,10);4H,1-3H3,(H,8,9,10);1-3H3,(H,6,7). The van der Waals surface area contributed by atoms with Crippen molar-refractivity contribution in [3.05, 3.63) is 69.6 Å². The van der Waals surface area contributed by atoms with Crippen LogP contribution in [0.25, 0.3) is 21.0 Å². The summed E-state index contributed by atoms with van der Waals surface area (Å²) in [4.78, 5) is 55.6. The Bertz CT molecular complexity index is 2370. The molecule has 62 heavy (non-hydrogen) atoms. The van der Waals surface area contributed by atoms with Gasteiger partial charge in [0.05, 0.1) is 9.71 Å². The van der Waals surface area contributed by atoms with Crippen molar-refractivity contribution in [2.24, 2.45) is 25.6 Å². The lowest BCUT2D eigenvalue weighted by Gasteiger charge is -2.21. The van der Waals surface area contributed by atoms with E-state index in [0.29, 0.717) is 18.2 Å². The van der Waals surface area contributed by atoms with Crippen LogP contribution in [0.15, 0.2) is 62.7 Å². The fraction of sp³-hybridized carbons (Fsp3) is 0.533. The van der Waals surface area contributed by atoms with Gasteiger partial charge >= 0.3 is 17.4 Å². The van der Waals surface area contributed by atoms with Gasteiger partial charge in [-0.15, -0.1) is 15.7 Å². The Morgan fingerprint density at radius 1 is 0.839 bits per heavy atom. The third-order valence-electron chi connectivity index (χ3n) is 8.62. The van der Waals surface area contributed by atoms with E-state index >= 15 is 0 Å². The summed E-state index contributed by atoms with van der Waals surface area (Å²) in [6, 6.07) is 15.7. The molecule has 0 radical (unpaired) electrons. The number of aliphatic imine (C=N–C) groups is 1. The number of amidine groups is 1. The molecule has 2 aromatic heterocycles. The Morgan fingerprint density at radius 3 is 1.90 bits per heavy atom. The SMILES string of the molecule is CC(C)(C)C1=NCNC1=O.CC(C)(C)C1=NS(=O)ON1.CC(C)(C)C1OC(=O)NC1=O.CC(C)(C)c1[nH]c(=O)cc2ccccc12.CCc1nc2c(OC(C)(C)C)cccc2s1. The number of carbonyl (C=O) groups excluding carboxylic acids is 3. The van der Waals surface area contributed by atoms with Crippen molar-refractivity contribution in [1.82, 2.24) is 26.1 Å². The summed E-state index contributed by atoms with van der Waals surface area (Å²) in [6.07, 6.45) is -0.307. The second-order valence-electron chi connectivity index (χ2n) is 19.8. The molecule has 2 atom stereocenters. The van der Waals surface area contributed by atoms with E-state index < -0.39 is 23.5 Å². The number of ether oxygens (including phenoxy) is 2. The van der Waals surface area contributed by atoms with Gasteiger partial charge in [-0.2, -0.15) is 4.28 Å². The van der Waals surface area contributed by atoms with Crippen molar-refractivity contribution < 1.29 is 32.4 Å². The Balaban J connectivity index is 0.000000210. The lowest BCUT2D eigenvalue weighted by atomic mass is 9.88. The molecule has 1 fully saturated rings. The molecule has 2 unspecified atom stereocenters. The summed E-state index contributed by atoms with van der Waals surface area (Å²) in [5, 5.41) is 8.01. The molecule has 5 heterocycles. The molecule has 4 N–H and O–H groups in total. The molecule has 0 bridgehead atoms. The van der Waals surface area contributed by atoms with Gasteiger partial charge in [-0.25, -0.2) is 19.5 Å². The predicted molar refractivity (Wildman–Crippen MR) is 250 cm³/mol. The highest BCUT2D eigenvalue weighted by molar-refractivity contribution is 7.79. The molecule has 3 aliphatic heterocycles. The number of hydroxylamine groups is 1. The highest BCUT2D eigenvalue weighted by atomic mass is 32.2. The average molecular weight is 896 g/mol. The molecule has 2 aromatic carbocycles. The number of nitrogens with zero attached hydrogens (tertiary/aromatic N) is 3. The van der Waals surface area contributed by atoms with Gasteiger partial charge < -0.3 is 19.8 Å². The number of para-hydroxylation sites is 1. The molecular weight excluding hydrogens is 831 g/mol. The van der Waals surface area contributed by atoms with E-state index in [1.54, 1.807) is 17.4 Å². The van der Waals surface area contributed by atoms with Gasteiger partial charge in [0.2, 0.25) is 5.56 Å². The number of H-pyrrole nitrogens is 1. The number of cyclic esters (lactones) is 1. The first-order valence-corrected chi connectivity index (χ1v) is 22.2. The van der Waals surface area contributed by atoms with Gasteiger partial charge in [0.25, 0.3) is 11.8 Å². The van der Waals surface area contributed by atoms with E-state index in [1.165, 1.54) is 9.71 Å². The van der Waals surface area contributed by atoms with Crippen molar-refractivity contribution in [1.29, 1.82) is 0 Å². The van der Waals surface area contributed by atoms with Crippen molar-refractivity contribution in [3.63, 3.8) is 0 Å². The summed E-state index contributed by atoms with van der Waals surface area (Å²) in [7, 11) is 0. The van der Waals surface area contributed by atoms with Crippen LogP contribution in [0.1, 0.15) is 121 Å². The predicted octanol–water partition coefficient (Wildman–Crippen LogP) is 8.63. The first-order chi connectivity index (χ1) is 28.4. The van der Waals surface area contributed by atoms with Crippen LogP contribution in [0, 0.1) is 16.2 Å². The smallest absolute Gasteiger partial charge is 0.414 e. The number of aryl methyl sites for hydroxylation is 1. The summed E-state index contributed by atoms with van der Waals surface area (Å²) in [5.41, 5.74) is 4.36. The zero-order valence-corrected chi connectivity index (χ0v) is 40.7. The number of benzene rings is 2. The van der Waals surface area contributed by atoms with E-state index in [1.807, 2.05) is 98.7 Å². The number of imide groups is 1. The van der Waals surface area contributed by atoms with Gasteiger partial charge in [0, 0.05) is 38.8 Å². The Kier molecular flexibility index (Phi) is 16.9. The van der Waals surface area contributed by atoms with E-state index in [4.69, 9.17) is 9.47 Å². The zero-order valence-electron chi connectivity index (χ0n) is 39.0. The van der Waals surface area contributed by atoms with Crippen LogP contribution >= 0.6 is 11.3 Å². The molecule has 340 valence electrons. The maximum absolute atomic E-state index is 11.5. The fourth-order valence-corrected chi connectivity index (χ4v) is 7.24. The number of hydrogen-bond acceptors (Lipinski definition) is 12. The maximum Gasteiger partial charge on any atom is 0.414 e. The van der Waals surface area contributed by atoms with E-state index in [-0.39, 0.29) is 44.6 Å². The van der Waals surface area contributed by atoms with Crippen LogP contribution in [0.3, 0.4) is 0 Å². The minimum absolute atomic E-state index is 0.0208. The van der Waals surface area contributed by atoms with Gasteiger partial charge in [-0.1, -0.05) is 120 Å². The van der Waals surface area contributed by atoms with Gasteiger partial charge in [-0.05, 0) is 44.7 Å². The highest BCUT2D eigenvalue weighted by Crippen LogP contribution is 2.32. The van der Waals surface area contributed by atoms with Crippen molar-refractivity contribution in [2.75, 3.05) is 6.67 Å². The summed E-state index contributed by atoms with van der Waals surface area (Å²) < 4.78 is 30.6. The minimum atomic E-state index is -1.52. The van der Waals surface area contributed by atoms with Crippen LogP contribution in [-0.2, 0) is 41.7 Å². The zero-order chi connectivity index (χ0) is 47.0. The van der Waals surface area contributed by atoms with Crippen LogP contribution in [0.2, 0.25) is 0 Å². The quantitative estimate of drug-likeness (QED) is 0.151. The lowest BCUT2D eigenvalue weighted by molar-refractivity contribution is -0.127. The molecule has 7 rings (SSSR count). The van der Waals surface area contributed by atoms with Crippen LogP contribution < -0.4 is 26.4 Å². The van der Waals surface area contributed by atoms with Crippen molar-refractivity contribution in [3.8, 4) is 5.75 Å². The second kappa shape index (κ2) is 20.5. The molecule has 15 nitrogen and oxygen atoms in total. The molecule has 0 aliphatic carbocycles. The third kappa shape index (κ3) is 15.4. The number of aromatic nitrogens is 2. The monoisotopic (exact) mass is 895 g/mol. The number of amides is 3. The largest absolute Gasteiger partial charge is 0.486 e. The van der Waals surface area contributed by atoms with E-state index in [9.17, 15) is 23.4 Å². The second-order valence-corrected chi connectivity index (χ2v) is 21.7. The molecule has 1 saturated heterocycles. The maximum atomic E-state index is 11.5. The Hall–Kier alpha value is -5.00. The number of thiazole rings is 1. The number of fused-ring (bicyclic) bond motifs is 2. The molecule has 4 aromatic rings. The first-order valence-electron chi connectivity index (χ1n) is 20.4. The molecule has 0 saturated carbocycles. The van der Waals surface area contributed by atoms with Crippen molar-refractivity contribution >= 4 is 73.0 Å². The molecule has 3 amide bonds.